The fourth-order valence-electron chi connectivity index (χ4n) is 2.81. The molecule has 2 unspecified atom stereocenters. The number of nitrogens with one attached hydrogen (secondary N) is 1. The van der Waals surface area contributed by atoms with E-state index in [-0.39, 0.29) is 6.04 Å². The fourth-order valence-corrected chi connectivity index (χ4v) is 2.81. The van der Waals surface area contributed by atoms with E-state index < -0.39 is 0 Å². The highest BCUT2D eigenvalue weighted by Gasteiger charge is 2.25. The van der Waals surface area contributed by atoms with Crippen LogP contribution in [0.5, 0.6) is 0 Å². The van der Waals surface area contributed by atoms with Crippen molar-refractivity contribution < 1.29 is 4.42 Å². The van der Waals surface area contributed by atoms with Gasteiger partial charge in [0.1, 0.15) is 5.52 Å². The second kappa shape index (κ2) is 4.73. The molecule has 0 saturated carbocycles. The van der Waals surface area contributed by atoms with Crippen LogP contribution in [-0.4, -0.2) is 11.5 Å². The van der Waals surface area contributed by atoms with Crippen molar-refractivity contribution in [1.82, 2.24) is 10.3 Å². The SMILES string of the molecule is CCC1CCNC(c2nc3c(C)cccc3o2)C1. The minimum absolute atomic E-state index is 0.287. The number of nitrogens with zero attached hydrogens (tertiary/aromatic N) is 1. The van der Waals surface area contributed by atoms with E-state index >= 15 is 0 Å². The van der Waals surface area contributed by atoms with Gasteiger partial charge in [0, 0.05) is 0 Å². The van der Waals surface area contributed by atoms with Crippen molar-refractivity contribution in [2.24, 2.45) is 5.92 Å². The number of hydrogen-bond donors (Lipinski definition) is 1. The lowest BCUT2D eigenvalue weighted by molar-refractivity contribution is 0.268. The van der Waals surface area contributed by atoms with Crippen LogP contribution in [-0.2, 0) is 0 Å². The van der Waals surface area contributed by atoms with Gasteiger partial charge < -0.3 is 9.73 Å². The largest absolute Gasteiger partial charge is 0.439 e. The maximum atomic E-state index is 5.91. The molecule has 0 bridgehead atoms. The molecule has 0 amide bonds. The van der Waals surface area contributed by atoms with Gasteiger partial charge in [-0.3, -0.25) is 0 Å². The maximum Gasteiger partial charge on any atom is 0.212 e. The molecule has 2 atom stereocenters. The summed E-state index contributed by atoms with van der Waals surface area (Å²) in [7, 11) is 0. The van der Waals surface area contributed by atoms with Crippen molar-refractivity contribution in [3.63, 3.8) is 0 Å². The summed E-state index contributed by atoms with van der Waals surface area (Å²) in [5.74, 6) is 1.66. The number of oxazole rings is 1. The highest BCUT2D eigenvalue weighted by Crippen LogP contribution is 2.30. The third kappa shape index (κ3) is 2.03. The Morgan fingerprint density at radius 3 is 3.11 bits per heavy atom. The Balaban J connectivity index is 1.92. The van der Waals surface area contributed by atoms with Crippen LogP contribution < -0.4 is 5.32 Å². The standard InChI is InChI=1S/C15H20N2O/c1-3-11-7-8-16-12(9-11)15-17-14-10(2)5-4-6-13(14)18-15/h4-6,11-12,16H,3,7-9H2,1-2H3. The second-order valence-corrected chi connectivity index (χ2v) is 5.28. The number of para-hydroxylation sites is 1. The maximum absolute atomic E-state index is 5.91. The summed E-state index contributed by atoms with van der Waals surface area (Å²) in [6.07, 6.45) is 3.66. The lowest BCUT2D eigenvalue weighted by Crippen LogP contribution is -2.31. The Labute approximate surface area is 108 Å². The van der Waals surface area contributed by atoms with E-state index in [1.807, 2.05) is 12.1 Å². The Hall–Kier alpha value is -1.35. The fraction of sp³-hybridized carbons (Fsp3) is 0.533. The molecule has 96 valence electrons. The average Bonchev–Trinajstić information content (AvgIpc) is 2.84. The summed E-state index contributed by atoms with van der Waals surface area (Å²) in [5, 5.41) is 3.52. The van der Waals surface area contributed by atoms with Crippen LogP contribution in [0.2, 0.25) is 0 Å². The Morgan fingerprint density at radius 1 is 1.44 bits per heavy atom. The summed E-state index contributed by atoms with van der Waals surface area (Å²) in [4.78, 5) is 4.68. The highest BCUT2D eigenvalue weighted by atomic mass is 16.3. The predicted octanol–water partition coefficient (Wildman–Crippen LogP) is 3.59. The monoisotopic (exact) mass is 244 g/mol. The van der Waals surface area contributed by atoms with Crippen LogP contribution >= 0.6 is 0 Å². The van der Waals surface area contributed by atoms with Crippen molar-refractivity contribution in [2.45, 2.75) is 39.2 Å². The number of benzene rings is 1. The van der Waals surface area contributed by atoms with Gasteiger partial charge in [-0.1, -0.05) is 25.5 Å². The number of rotatable bonds is 2. The normalized spacial score (nSPS) is 24.6. The van der Waals surface area contributed by atoms with Crippen molar-refractivity contribution in [3.05, 3.63) is 29.7 Å². The second-order valence-electron chi connectivity index (χ2n) is 5.28. The molecule has 1 aromatic carbocycles. The average molecular weight is 244 g/mol. The van der Waals surface area contributed by atoms with E-state index in [2.05, 4.69) is 30.2 Å². The molecule has 2 heterocycles. The number of piperidine rings is 1. The zero-order chi connectivity index (χ0) is 12.5. The lowest BCUT2D eigenvalue weighted by Gasteiger charge is -2.27. The summed E-state index contributed by atoms with van der Waals surface area (Å²) < 4.78 is 5.91. The number of fused-ring (bicyclic) bond motifs is 1. The molecule has 0 aliphatic carbocycles. The van der Waals surface area contributed by atoms with Gasteiger partial charge in [0.15, 0.2) is 5.58 Å². The molecular formula is C15H20N2O. The van der Waals surface area contributed by atoms with Crippen LogP contribution in [0.15, 0.2) is 22.6 Å². The molecule has 1 N–H and O–H groups in total. The molecule has 0 spiro atoms. The smallest absolute Gasteiger partial charge is 0.212 e. The molecule has 1 saturated heterocycles. The van der Waals surface area contributed by atoms with Crippen LogP contribution in [0.1, 0.15) is 43.7 Å². The van der Waals surface area contributed by atoms with E-state index in [0.29, 0.717) is 0 Å². The number of aryl methyl sites for hydroxylation is 1. The van der Waals surface area contributed by atoms with E-state index in [0.717, 1.165) is 35.9 Å². The van der Waals surface area contributed by atoms with Gasteiger partial charge in [-0.25, -0.2) is 4.98 Å². The number of aromatic nitrogens is 1. The Morgan fingerprint density at radius 2 is 2.33 bits per heavy atom. The first-order valence-corrected chi connectivity index (χ1v) is 6.87. The molecule has 18 heavy (non-hydrogen) atoms. The zero-order valence-corrected chi connectivity index (χ0v) is 11.1. The van der Waals surface area contributed by atoms with E-state index in [1.54, 1.807) is 0 Å². The Bertz CT molecular complexity index is 546. The van der Waals surface area contributed by atoms with Gasteiger partial charge in [0.25, 0.3) is 0 Å². The Kier molecular flexibility index (Phi) is 3.08. The predicted molar refractivity (Wildman–Crippen MR) is 72.5 cm³/mol. The molecular weight excluding hydrogens is 224 g/mol. The van der Waals surface area contributed by atoms with Gasteiger partial charge in [0.2, 0.25) is 5.89 Å². The molecule has 1 fully saturated rings. The summed E-state index contributed by atoms with van der Waals surface area (Å²) in [6.45, 7) is 5.42. The zero-order valence-electron chi connectivity index (χ0n) is 11.1. The van der Waals surface area contributed by atoms with E-state index in [9.17, 15) is 0 Å². The van der Waals surface area contributed by atoms with Crippen molar-refractivity contribution in [1.29, 1.82) is 0 Å². The molecule has 3 nitrogen and oxygen atoms in total. The first-order chi connectivity index (χ1) is 8.78. The van der Waals surface area contributed by atoms with E-state index in [1.165, 1.54) is 18.4 Å². The van der Waals surface area contributed by atoms with Crippen molar-refractivity contribution in [2.75, 3.05) is 6.54 Å². The van der Waals surface area contributed by atoms with Gasteiger partial charge >= 0.3 is 0 Å². The third-order valence-corrected chi connectivity index (χ3v) is 4.03. The van der Waals surface area contributed by atoms with Crippen molar-refractivity contribution >= 4 is 11.1 Å². The third-order valence-electron chi connectivity index (χ3n) is 4.03. The lowest BCUT2D eigenvalue weighted by atomic mass is 9.90. The summed E-state index contributed by atoms with van der Waals surface area (Å²) in [6, 6.07) is 6.39. The first-order valence-electron chi connectivity index (χ1n) is 6.87. The topological polar surface area (TPSA) is 38.1 Å². The molecule has 3 rings (SSSR count). The molecule has 1 aliphatic heterocycles. The van der Waals surface area contributed by atoms with Gasteiger partial charge in [0.05, 0.1) is 6.04 Å². The summed E-state index contributed by atoms with van der Waals surface area (Å²) >= 11 is 0. The van der Waals surface area contributed by atoms with Crippen LogP contribution in [0, 0.1) is 12.8 Å². The molecule has 2 aromatic rings. The highest BCUT2D eigenvalue weighted by molar-refractivity contribution is 5.76. The first kappa shape index (κ1) is 11.7. The van der Waals surface area contributed by atoms with Crippen molar-refractivity contribution in [3.8, 4) is 0 Å². The van der Waals surface area contributed by atoms with E-state index in [4.69, 9.17) is 4.42 Å². The van der Waals surface area contributed by atoms with Gasteiger partial charge in [-0.15, -0.1) is 0 Å². The molecule has 1 aromatic heterocycles. The number of hydrogen-bond acceptors (Lipinski definition) is 3. The van der Waals surface area contributed by atoms with Crippen LogP contribution in [0.25, 0.3) is 11.1 Å². The van der Waals surface area contributed by atoms with Crippen LogP contribution in [0.4, 0.5) is 0 Å². The quantitative estimate of drug-likeness (QED) is 0.877. The minimum Gasteiger partial charge on any atom is -0.439 e. The molecule has 1 aliphatic rings. The molecule has 0 radical (unpaired) electrons. The molecule has 3 heteroatoms. The van der Waals surface area contributed by atoms with Crippen LogP contribution in [0.3, 0.4) is 0 Å². The summed E-state index contributed by atoms with van der Waals surface area (Å²) in [5.41, 5.74) is 3.10. The minimum atomic E-state index is 0.287. The van der Waals surface area contributed by atoms with Gasteiger partial charge in [-0.2, -0.15) is 0 Å². The van der Waals surface area contributed by atoms with Gasteiger partial charge in [-0.05, 0) is 43.9 Å².